The zero-order valence-corrected chi connectivity index (χ0v) is 15.6. The molecule has 2 atom stereocenters. The Bertz CT molecular complexity index is 501. The van der Waals surface area contributed by atoms with Crippen molar-refractivity contribution in [3.05, 3.63) is 12.2 Å². The summed E-state index contributed by atoms with van der Waals surface area (Å²) < 4.78 is 1.76. The third kappa shape index (κ3) is 6.11. The first kappa shape index (κ1) is 18.7. The van der Waals surface area contributed by atoms with Gasteiger partial charge in [-0.05, 0) is 38.1 Å². The van der Waals surface area contributed by atoms with Crippen molar-refractivity contribution in [3.63, 3.8) is 0 Å². The van der Waals surface area contributed by atoms with E-state index in [1.165, 1.54) is 19.5 Å². The number of nitrogens with one attached hydrogen (secondary N) is 2. The van der Waals surface area contributed by atoms with Crippen molar-refractivity contribution >= 4 is 5.96 Å². The number of piperidine rings is 1. The van der Waals surface area contributed by atoms with E-state index >= 15 is 0 Å². The third-order valence-electron chi connectivity index (χ3n) is 4.42. The van der Waals surface area contributed by atoms with Gasteiger partial charge in [-0.2, -0.15) is 5.10 Å². The van der Waals surface area contributed by atoms with E-state index in [1.807, 2.05) is 7.05 Å². The number of aryl methyl sites for hydroxylation is 1. The van der Waals surface area contributed by atoms with Crippen LogP contribution >= 0.6 is 0 Å². The first-order valence-electron chi connectivity index (χ1n) is 9.15. The van der Waals surface area contributed by atoms with E-state index in [0.717, 1.165) is 49.7 Å². The van der Waals surface area contributed by atoms with Gasteiger partial charge in [0.15, 0.2) is 5.96 Å². The standard InChI is InChI=1S/C17H33N7/c1-5-18-17(20-10-16-21-13-22-23(16)4)19-7-6-8-24-11-14(2)9-15(3)12-24/h13-15H,5-12H2,1-4H3,(H2,18,19,20). The zero-order chi connectivity index (χ0) is 17.4. The quantitative estimate of drug-likeness (QED) is 0.446. The van der Waals surface area contributed by atoms with E-state index in [4.69, 9.17) is 0 Å². The van der Waals surface area contributed by atoms with Crippen molar-refractivity contribution in [1.29, 1.82) is 0 Å². The predicted molar refractivity (Wildman–Crippen MR) is 97.8 cm³/mol. The number of aromatic nitrogens is 3. The van der Waals surface area contributed by atoms with Gasteiger partial charge in [-0.3, -0.25) is 4.68 Å². The first-order valence-corrected chi connectivity index (χ1v) is 9.15. The molecule has 1 fully saturated rings. The van der Waals surface area contributed by atoms with Gasteiger partial charge in [-0.25, -0.2) is 9.98 Å². The van der Waals surface area contributed by atoms with Gasteiger partial charge in [0, 0.05) is 33.2 Å². The zero-order valence-electron chi connectivity index (χ0n) is 15.6. The normalized spacial score (nSPS) is 22.6. The second-order valence-corrected chi connectivity index (χ2v) is 6.98. The largest absolute Gasteiger partial charge is 0.357 e. The highest BCUT2D eigenvalue weighted by atomic mass is 15.3. The molecule has 0 radical (unpaired) electrons. The van der Waals surface area contributed by atoms with Gasteiger partial charge in [0.25, 0.3) is 0 Å². The van der Waals surface area contributed by atoms with Crippen LogP contribution in [0.3, 0.4) is 0 Å². The molecule has 2 heterocycles. The first-order chi connectivity index (χ1) is 11.6. The average Bonchev–Trinajstić information content (AvgIpc) is 2.93. The molecule has 0 aromatic carbocycles. The Morgan fingerprint density at radius 3 is 2.67 bits per heavy atom. The van der Waals surface area contributed by atoms with E-state index in [9.17, 15) is 0 Å². The minimum atomic E-state index is 0.535. The van der Waals surface area contributed by atoms with Crippen molar-refractivity contribution in [2.75, 3.05) is 32.7 Å². The van der Waals surface area contributed by atoms with Crippen molar-refractivity contribution in [2.45, 2.75) is 40.2 Å². The fourth-order valence-corrected chi connectivity index (χ4v) is 3.44. The molecule has 0 aliphatic carbocycles. The van der Waals surface area contributed by atoms with Gasteiger partial charge >= 0.3 is 0 Å². The molecule has 2 rings (SSSR count). The Labute approximate surface area is 145 Å². The van der Waals surface area contributed by atoms with Crippen LogP contribution in [0.5, 0.6) is 0 Å². The molecular weight excluding hydrogens is 302 g/mol. The molecule has 1 aliphatic rings. The van der Waals surface area contributed by atoms with Crippen LogP contribution < -0.4 is 10.6 Å². The average molecular weight is 336 g/mol. The third-order valence-corrected chi connectivity index (χ3v) is 4.42. The maximum absolute atomic E-state index is 4.58. The number of guanidine groups is 1. The van der Waals surface area contributed by atoms with Crippen LogP contribution in [0, 0.1) is 11.8 Å². The molecule has 0 spiro atoms. The molecule has 7 heteroatoms. The SMILES string of the molecule is CCNC(=NCc1ncnn1C)NCCCN1CC(C)CC(C)C1. The molecule has 0 amide bonds. The van der Waals surface area contributed by atoms with Gasteiger partial charge in [-0.1, -0.05) is 13.8 Å². The minimum absolute atomic E-state index is 0.535. The van der Waals surface area contributed by atoms with E-state index in [0.29, 0.717) is 6.54 Å². The Balaban J connectivity index is 1.72. The number of likely N-dealkylation sites (tertiary alicyclic amines) is 1. The molecular formula is C17H33N7. The summed E-state index contributed by atoms with van der Waals surface area (Å²) in [5, 5.41) is 10.8. The van der Waals surface area contributed by atoms with E-state index in [1.54, 1.807) is 11.0 Å². The van der Waals surface area contributed by atoms with Crippen LogP contribution in [0.2, 0.25) is 0 Å². The van der Waals surface area contributed by atoms with Crippen LogP contribution in [0.1, 0.15) is 39.4 Å². The second-order valence-electron chi connectivity index (χ2n) is 6.98. The number of aliphatic imine (C=N–C) groups is 1. The van der Waals surface area contributed by atoms with Crippen LogP contribution in [0.25, 0.3) is 0 Å². The number of rotatable bonds is 7. The van der Waals surface area contributed by atoms with E-state index in [-0.39, 0.29) is 0 Å². The summed E-state index contributed by atoms with van der Waals surface area (Å²) in [6, 6.07) is 0. The molecule has 2 unspecified atom stereocenters. The smallest absolute Gasteiger partial charge is 0.191 e. The van der Waals surface area contributed by atoms with Gasteiger partial charge in [0.2, 0.25) is 0 Å². The lowest BCUT2D eigenvalue weighted by molar-refractivity contribution is 0.140. The summed E-state index contributed by atoms with van der Waals surface area (Å²) in [4.78, 5) is 11.4. The Morgan fingerprint density at radius 1 is 1.29 bits per heavy atom. The summed E-state index contributed by atoms with van der Waals surface area (Å²) in [5.74, 6) is 3.36. The van der Waals surface area contributed by atoms with Crippen LogP contribution in [-0.2, 0) is 13.6 Å². The maximum atomic E-state index is 4.58. The highest BCUT2D eigenvalue weighted by molar-refractivity contribution is 5.79. The second kappa shape index (κ2) is 9.61. The fourth-order valence-electron chi connectivity index (χ4n) is 3.44. The van der Waals surface area contributed by atoms with E-state index in [2.05, 4.69) is 51.4 Å². The number of hydrogen-bond donors (Lipinski definition) is 2. The summed E-state index contributed by atoms with van der Waals surface area (Å²) in [6.45, 7) is 12.8. The summed E-state index contributed by atoms with van der Waals surface area (Å²) in [7, 11) is 1.89. The number of nitrogens with zero attached hydrogens (tertiary/aromatic N) is 5. The lowest BCUT2D eigenvalue weighted by Gasteiger charge is -2.35. The molecule has 24 heavy (non-hydrogen) atoms. The van der Waals surface area contributed by atoms with E-state index < -0.39 is 0 Å². The maximum Gasteiger partial charge on any atom is 0.191 e. The van der Waals surface area contributed by atoms with Crippen LogP contribution in [-0.4, -0.2) is 58.3 Å². The summed E-state index contributed by atoms with van der Waals surface area (Å²) >= 11 is 0. The molecule has 1 aromatic rings. The van der Waals surface area contributed by atoms with Crippen molar-refractivity contribution in [2.24, 2.45) is 23.9 Å². The topological polar surface area (TPSA) is 70.4 Å². The molecule has 1 aliphatic heterocycles. The van der Waals surface area contributed by atoms with Crippen LogP contribution in [0.4, 0.5) is 0 Å². The predicted octanol–water partition coefficient (Wildman–Crippen LogP) is 1.24. The molecule has 0 saturated carbocycles. The van der Waals surface area contributed by atoms with Gasteiger partial charge in [0.1, 0.15) is 18.7 Å². The van der Waals surface area contributed by atoms with Crippen LogP contribution in [0.15, 0.2) is 11.3 Å². The Morgan fingerprint density at radius 2 is 2.04 bits per heavy atom. The molecule has 2 N–H and O–H groups in total. The summed E-state index contributed by atoms with van der Waals surface area (Å²) in [6.07, 6.45) is 4.06. The fraction of sp³-hybridized carbons (Fsp3) is 0.824. The van der Waals surface area contributed by atoms with Crippen molar-refractivity contribution < 1.29 is 0 Å². The Hall–Kier alpha value is -1.63. The lowest BCUT2D eigenvalue weighted by Crippen LogP contribution is -2.41. The minimum Gasteiger partial charge on any atom is -0.357 e. The Kier molecular flexibility index (Phi) is 7.49. The monoisotopic (exact) mass is 335 g/mol. The van der Waals surface area contributed by atoms with Crippen molar-refractivity contribution in [3.8, 4) is 0 Å². The highest BCUT2D eigenvalue weighted by Gasteiger charge is 2.20. The lowest BCUT2D eigenvalue weighted by atomic mass is 9.92. The molecule has 1 saturated heterocycles. The number of hydrogen-bond acceptors (Lipinski definition) is 4. The molecule has 7 nitrogen and oxygen atoms in total. The highest BCUT2D eigenvalue weighted by Crippen LogP contribution is 2.20. The summed E-state index contributed by atoms with van der Waals surface area (Å²) in [5.41, 5.74) is 0. The van der Waals surface area contributed by atoms with Crippen molar-refractivity contribution in [1.82, 2.24) is 30.3 Å². The molecule has 136 valence electrons. The van der Waals surface area contributed by atoms with Gasteiger partial charge in [-0.15, -0.1) is 0 Å². The van der Waals surface area contributed by atoms with Gasteiger partial charge < -0.3 is 15.5 Å². The van der Waals surface area contributed by atoms with Gasteiger partial charge in [0.05, 0.1) is 0 Å². The molecule has 0 bridgehead atoms. The molecule has 1 aromatic heterocycles.